The number of nitrogens with one attached hydrogen (secondary N) is 1. The number of amidine groups is 1. The molecule has 0 radical (unpaired) electrons. The smallest absolute Gasteiger partial charge is 0.169 e. The minimum atomic E-state index is -3.22. The number of hydrogen-bond acceptors (Lipinski definition) is 6. The number of aryl methyl sites for hydroxylation is 2. The van der Waals surface area contributed by atoms with Crippen LogP contribution in [0.3, 0.4) is 0 Å². The number of nitrogens with zero attached hydrogens (tertiary/aromatic N) is 3. The van der Waals surface area contributed by atoms with Gasteiger partial charge in [-0.05, 0) is 6.92 Å². The molecule has 0 saturated carbocycles. The zero-order chi connectivity index (χ0) is 15.1. The predicted octanol–water partition coefficient (Wildman–Crippen LogP) is -0.0635. The third-order valence-corrected chi connectivity index (χ3v) is 5.96. The van der Waals surface area contributed by atoms with Crippen LogP contribution in [0.2, 0.25) is 0 Å². The molecule has 9 heteroatoms. The van der Waals surface area contributed by atoms with Crippen molar-refractivity contribution in [3.8, 4) is 0 Å². The Bertz CT molecular complexity index is 637. The fourth-order valence-electron chi connectivity index (χ4n) is 2.47. The number of sulfone groups is 1. The van der Waals surface area contributed by atoms with Crippen molar-refractivity contribution in [1.29, 1.82) is 5.41 Å². The highest BCUT2D eigenvalue weighted by atomic mass is 32.2. The Hall–Kier alpha value is -1.22. The molecule has 2 heterocycles. The third-order valence-electron chi connectivity index (χ3n) is 3.31. The Kier molecular flexibility index (Phi) is 4.01. The Morgan fingerprint density at radius 2 is 2.20 bits per heavy atom. The van der Waals surface area contributed by atoms with Crippen molar-refractivity contribution in [3.63, 3.8) is 0 Å². The first-order valence-electron chi connectivity index (χ1n) is 6.14. The maximum Gasteiger partial charge on any atom is 0.169 e. The van der Waals surface area contributed by atoms with Gasteiger partial charge >= 0.3 is 0 Å². The van der Waals surface area contributed by atoms with Gasteiger partial charge in [0.1, 0.15) is 17.0 Å². The molecule has 1 aromatic heterocycles. The van der Waals surface area contributed by atoms with Crippen molar-refractivity contribution in [1.82, 2.24) is 9.78 Å². The van der Waals surface area contributed by atoms with Gasteiger partial charge in [0.15, 0.2) is 9.84 Å². The van der Waals surface area contributed by atoms with Crippen molar-refractivity contribution < 1.29 is 8.42 Å². The second kappa shape index (κ2) is 5.28. The van der Waals surface area contributed by atoms with Crippen LogP contribution < -0.4 is 10.6 Å². The van der Waals surface area contributed by atoms with E-state index in [1.165, 1.54) is 6.26 Å². The fraction of sp³-hybridized carbons (Fsp3) is 0.636. The van der Waals surface area contributed by atoms with Crippen LogP contribution in [0.5, 0.6) is 0 Å². The quantitative estimate of drug-likeness (QED) is 0.597. The van der Waals surface area contributed by atoms with Crippen molar-refractivity contribution in [3.05, 3.63) is 11.3 Å². The molecular formula is C11H19N5O2S2. The van der Waals surface area contributed by atoms with Crippen LogP contribution in [0.4, 0.5) is 5.82 Å². The molecule has 3 N–H and O–H groups in total. The number of anilines is 1. The molecule has 1 fully saturated rings. The second-order valence-corrected chi connectivity index (χ2v) is 8.23. The van der Waals surface area contributed by atoms with Crippen molar-refractivity contribution in [2.45, 2.75) is 12.3 Å². The Balaban J connectivity index is 2.56. The summed E-state index contributed by atoms with van der Waals surface area (Å²) in [4.78, 5) is 1.81. The average Bonchev–Trinajstić information content (AvgIpc) is 2.63. The fourth-order valence-corrected chi connectivity index (χ4v) is 5.29. The van der Waals surface area contributed by atoms with E-state index < -0.39 is 15.2 Å². The highest BCUT2D eigenvalue weighted by Crippen LogP contribution is 2.30. The molecular weight excluding hydrogens is 298 g/mol. The Morgan fingerprint density at radius 3 is 2.75 bits per heavy atom. The van der Waals surface area contributed by atoms with Gasteiger partial charge in [-0.3, -0.25) is 10.1 Å². The minimum absolute atomic E-state index is 0.0870. The summed E-state index contributed by atoms with van der Waals surface area (Å²) in [6, 6.07) is 0. The number of rotatable bonds is 3. The largest absolute Gasteiger partial charge is 0.384 e. The normalized spacial score (nSPS) is 20.1. The summed E-state index contributed by atoms with van der Waals surface area (Å²) in [5, 5.41) is 11.4. The summed E-state index contributed by atoms with van der Waals surface area (Å²) in [6.07, 6.45) is 1.24. The standard InChI is InChI=1S/C11H19N5O2S2/c1-7-9(10(12)13)11(15(2)14-7)16-4-5-19-6-8(16)20(3,17)18/h8H,4-6H2,1-3H3,(H3,12,13). The van der Waals surface area contributed by atoms with E-state index in [4.69, 9.17) is 11.1 Å². The maximum absolute atomic E-state index is 12.0. The summed E-state index contributed by atoms with van der Waals surface area (Å²) in [7, 11) is -1.47. The summed E-state index contributed by atoms with van der Waals surface area (Å²) in [6.45, 7) is 2.37. The molecule has 0 aromatic carbocycles. The van der Waals surface area contributed by atoms with E-state index in [9.17, 15) is 8.42 Å². The van der Waals surface area contributed by atoms with Gasteiger partial charge in [-0.25, -0.2) is 8.42 Å². The number of nitrogens with two attached hydrogens (primary N) is 1. The first-order valence-corrected chi connectivity index (χ1v) is 9.25. The molecule has 1 unspecified atom stereocenters. The summed E-state index contributed by atoms with van der Waals surface area (Å²) in [5.41, 5.74) is 6.80. The molecule has 0 spiro atoms. The minimum Gasteiger partial charge on any atom is -0.384 e. The van der Waals surface area contributed by atoms with Gasteiger partial charge in [0.05, 0.1) is 11.3 Å². The van der Waals surface area contributed by atoms with Gasteiger partial charge in [0, 0.05) is 31.4 Å². The zero-order valence-electron chi connectivity index (χ0n) is 11.8. The maximum atomic E-state index is 12.0. The van der Waals surface area contributed by atoms with E-state index in [1.54, 1.807) is 30.4 Å². The van der Waals surface area contributed by atoms with E-state index in [2.05, 4.69) is 5.10 Å². The SMILES string of the molecule is Cc1nn(C)c(N2CCSCC2S(C)(=O)=O)c1C(=N)N. The van der Waals surface area contributed by atoms with E-state index in [-0.39, 0.29) is 5.84 Å². The molecule has 1 saturated heterocycles. The van der Waals surface area contributed by atoms with Crippen LogP contribution in [0.15, 0.2) is 0 Å². The van der Waals surface area contributed by atoms with Gasteiger partial charge in [0.25, 0.3) is 0 Å². The number of aromatic nitrogens is 2. The zero-order valence-corrected chi connectivity index (χ0v) is 13.4. The lowest BCUT2D eigenvalue weighted by Gasteiger charge is -2.36. The van der Waals surface area contributed by atoms with Gasteiger partial charge in [-0.15, -0.1) is 0 Å². The molecule has 20 heavy (non-hydrogen) atoms. The van der Waals surface area contributed by atoms with Crippen molar-refractivity contribution in [2.75, 3.05) is 29.2 Å². The molecule has 0 bridgehead atoms. The summed E-state index contributed by atoms with van der Waals surface area (Å²) < 4.78 is 25.6. The molecule has 1 aliphatic heterocycles. The van der Waals surface area contributed by atoms with Gasteiger partial charge < -0.3 is 10.6 Å². The lowest BCUT2D eigenvalue weighted by atomic mass is 10.2. The highest BCUT2D eigenvalue weighted by Gasteiger charge is 2.35. The lowest BCUT2D eigenvalue weighted by Crippen LogP contribution is -2.48. The van der Waals surface area contributed by atoms with E-state index in [0.717, 1.165) is 5.75 Å². The summed E-state index contributed by atoms with van der Waals surface area (Å²) in [5.74, 6) is 1.88. The van der Waals surface area contributed by atoms with Crippen LogP contribution in [0.1, 0.15) is 11.3 Å². The first-order chi connectivity index (χ1) is 9.23. The Labute approximate surface area is 122 Å². The molecule has 2 rings (SSSR count). The second-order valence-electron chi connectivity index (χ2n) is 4.87. The van der Waals surface area contributed by atoms with Crippen molar-refractivity contribution >= 4 is 33.3 Å². The van der Waals surface area contributed by atoms with Crippen LogP contribution in [0.25, 0.3) is 0 Å². The van der Waals surface area contributed by atoms with Crippen LogP contribution >= 0.6 is 11.8 Å². The van der Waals surface area contributed by atoms with Crippen LogP contribution in [-0.2, 0) is 16.9 Å². The number of nitrogen functional groups attached to an aromatic ring is 1. The monoisotopic (exact) mass is 317 g/mol. The van der Waals surface area contributed by atoms with E-state index in [0.29, 0.717) is 29.4 Å². The molecule has 1 atom stereocenters. The first kappa shape index (κ1) is 15.2. The average molecular weight is 317 g/mol. The Morgan fingerprint density at radius 1 is 1.55 bits per heavy atom. The topological polar surface area (TPSA) is 105 Å². The number of hydrogen-bond donors (Lipinski definition) is 2. The van der Waals surface area contributed by atoms with Gasteiger partial charge in [-0.1, -0.05) is 0 Å². The third kappa shape index (κ3) is 2.64. The van der Waals surface area contributed by atoms with Crippen LogP contribution in [0, 0.1) is 12.3 Å². The molecule has 0 amide bonds. The predicted molar refractivity (Wildman–Crippen MR) is 82.3 cm³/mol. The van der Waals surface area contributed by atoms with Gasteiger partial charge in [-0.2, -0.15) is 16.9 Å². The van der Waals surface area contributed by atoms with Gasteiger partial charge in [0.2, 0.25) is 0 Å². The van der Waals surface area contributed by atoms with E-state index in [1.807, 2.05) is 4.90 Å². The van der Waals surface area contributed by atoms with E-state index >= 15 is 0 Å². The molecule has 0 aliphatic carbocycles. The molecule has 1 aliphatic rings. The molecule has 1 aromatic rings. The highest BCUT2D eigenvalue weighted by molar-refractivity contribution is 8.01. The van der Waals surface area contributed by atoms with Crippen LogP contribution in [-0.4, -0.2) is 53.7 Å². The molecule has 112 valence electrons. The number of thioether (sulfide) groups is 1. The summed E-state index contributed by atoms with van der Waals surface area (Å²) >= 11 is 1.62. The molecule has 7 nitrogen and oxygen atoms in total. The van der Waals surface area contributed by atoms with Crippen molar-refractivity contribution in [2.24, 2.45) is 12.8 Å². The lowest BCUT2D eigenvalue weighted by molar-refractivity contribution is 0.581.